The molecule has 0 atom stereocenters. The van der Waals surface area contributed by atoms with Crippen molar-refractivity contribution in [3.05, 3.63) is 54.1 Å². The van der Waals surface area contributed by atoms with Gasteiger partial charge in [-0.2, -0.15) is 0 Å². The molecule has 3 rings (SSSR count). The standard InChI is InChI=1S/C21H28N4O/c1-3-12-24-13-15-25(16-14-24)20-7-5-4-6-19(20)23(2)21(26)17-8-10-18(22)11-9-17/h4-11H,3,12-16,22H2,1-2H3. The van der Waals surface area contributed by atoms with Crippen LogP contribution in [0.5, 0.6) is 0 Å². The van der Waals surface area contributed by atoms with E-state index < -0.39 is 0 Å². The van der Waals surface area contributed by atoms with Gasteiger partial charge in [-0.15, -0.1) is 0 Å². The average molecular weight is 352 g/mol. The molecule has 0 bridgehead atoms. The van der Waals surface area contributed by atoms with Crippen LogP contribution in [0, 0.1) is 0 Å². The van der Waals surface area contributed by atoms with Gasteiger partial charge < -0.3 is 15.5 Å². The number of carbonyl (C=O) groups is 1. The first kappa shape index (κ1) is 18.3. The summed E-state index contributed by atoms with van der Waals surface area (Å²) >= 11 is 0. The summed E-state index contributed by atoms with van der Waals surface area (Å²) in [7, 11) is 1.84. The van der Waals surface area contributed by atoms with Gasteiger partial charge in [0.1, 0.15) is 0 Å². The highest BCUT2D eigenvalue weighted by atomic mass is 16.2. The van der Waals surface area contributed by atoms with E-state index in [1.807, 2.05) is 25.2 Å². The van der Waals surface area contributed by atoms with Gasteiger partial charge in [-0.05, 0) is 49.4 Å². The minimum absolute atomic E-state index is 0.0259. The molecule has 0 unspecified atom stereocenters. The second-order valence-corrected chi connectivity index (χ2v) is 6.80. The van der Waals surface area contributed by atoms with Crippen molar-refractivity contribution in [3.63, 3.8) is 0 Å². The number of anilines is 3. The Kier molecular flexibility index (Phi) is 5.78. The first-order valence-corrected chi connectivity index (χ1v) is 9.30. The van der Waals surface area contributed by atoms with E-state index in [9.17, 15) is 4.79 Å². The fourth-order valence-electron chi connectivity index (χ4n) is 3.47. The first-order valence-electron chi connectivity index (χ1n) is 9.30. The molecule has 0 aliphatic carbocycles. The Morgan fingerprint density at radius 3 is 2.35 bits per heavy atom. The summed E-state index contributed by atoms with van der Waals surface area (Å²) in [5, 5.41) is 0. The number of amides is 1. The molecule has 1 heterocycles. The first-order chi connectivity index (χ1) is 12.6. The monoisotopic (exact) mass is 352 g/mol. The maximum atomic E-state index is 12.9. The van der Waals surface area contributed by atoms with E-state index in [1.54, 1.807) is 29.2 Å². The number of benzene rings is 2. The Morgan fingerprint density at radius 1 is 1.04 bits per heavy atom. The van der Waals surface area contributed by atoms with E-state index in [4.69, 9.17) is 5.73 Å². The molecule has 0 radical (unpaired) electrons. The van der Waals surface area contributed by atoms with Gasteiger partial charge in [0.2, 0.25) is 0 Å². The molecule has 2 aromatic carbocycles. The molecule has 1 aliphatic rings. The lowest BCUT2D eigenvalue weighted by Crippen LogP contribution is -2.47. The van der Waals surface area contributed by atoms with Crippen LogP contribution in [0.25, 0.3) is 0 Å². The number of hydrogen-bond donors (Lipinski definition) is 1. The topological polar surface area (TPSA) is 52.8 Å². The van der Waals surface area contributed by atoms with E-state index in [0.717, 1.165) is 44.1 Å². The summed E-state index contributed by atoms with van der Waals surface area (Å²) in [5.74, 6) is -0.0259. The SMILES string of the molecule is CCCN1CCN(c2ccccc2N(C)C(=O)c2ccc(N)cc2)CC1. The van der Waals surface area contributed by atoms with E-state index in [2.05, 4.69) is 22.8 Å². The van der Waals surface area contributed by atoms with Crippen molar-refractivity contribution in [2.24, 2.45) is 0 Å². The molecule has 26 heavy (non-hydrogen) atoms. The van der Waals surface area contributed by atoms with Crippen LogP contribution in [0.15, 0.2) is 48.5 Å². The van der Waals surface area contributed by atoms with E-state index in [1.165, 1.54) is 6.42 Å². The van der Waals surface area contributed by atoms with Crippen molar-refractivity contribution in [1.29, 1.82) is 0 Å². The van der Waals surface area contributed by atoms with Crippen molar-refractivity contribution < 1.29 is 4.79 Å². The zero-order valence-corrected chi connectivity index (χ0v) is 15.7. The molecule has 5 nitrogen and oxygen atoms in total. The van der Waals surface area contributed by atoms with Crippen LogP contribution in [0.3, 0.4) is 0 Å². The second-order valence-electron chi connectivity index (χ2n) is 6.80. The summed E-state index contributed by atoms with van der Waals surface area (Å²) in [6, 6.07) is 15.2. The van der Waals surface area contributed by atoms with Crippen molar-refractivity contribution >= 4 is 23.0 Å². The van der Waals surface area contributed by atoms with E-state index in [0.29, 0.717) is 11.3 Å². The normalized spacial score (nSPS) is 15.1. The highest BCUT2D eigenvalue weighted by Gasteiger charge is 2.22. The predicted molar refractivity (Wildman–Crippen MR) is 109 cm³/mol. The van der Waals surface area contributed by atoms with Gasteiger partial charge in [-0.1, -0.05) is 19.1 Å². The lowest BCUT2D eigenvalue weighted by molar-refractivity contribution is 0.0993. The number of nitrogens with zero attached hydrogens (tertiary/aromatic N) is 3. The molecule has 0 saturated carbocycles. The molecule has 5 heteroatoms. The number of para-hydroxylation sites is 2. The summed E-state index contributed by atoms with van der Waals surface area (Å²) in [4.78, 5) is 19.5. The van der Waals surface area contributed by atoms with Crippen LogP contribution in [-0.4, -0.2) is 50.6 Å². The van der Waals surface area contributed by atoms with E-state index in [-0.39, 0.29) is 5.91 Å². The lowest BCUT2D eigenvalue weighted by Gasteiger charge is -2.37. The zero-order valence-electron chi connectivity index (χ0n) is 15.7. The summed E-state index contributed by atoms with van der Waals surface area (Å²) in [6.45, 7) is 7.49. The van der Waals surface area contributed by atoms with Gasteiger partial charge in [0.25, 0.3) is 5.91 Å². The number of carbonyl (C=O) groups excluding carboxylic acids is 1. The molecule has 0 aromatic heterocycles. The fraction of sp³-hybridized carbons (Fsp3) is 0.381. The highest BCUT2D eigenvalue weighted by molar-refractivity contribution is 6.07. The molecule has 1 amide bonds. The van der Waals surface area contributed by atoms with Crippen LogP contribution >= 0.6 is 0 Å². The molecular weight excluding hydrogens is 324 g/mol. The molecule has 1 fully saturated rings. The number of nitrogen functional groups attached to an aromatic ring is 1. The van der Waals surface area contributed by atoms with Crippen molar-refractivity contribution in [3.8, 4) is 0 Å². The lowest BCUT2D eigenvalue weighted by atomic mass is 10.1. The zero-order chi connectivity index (χ0) is 18.5. The van der Waals surface area contributed by atoms with Gasteiger partial charge in [0.05, 0.1) is 11.4 Å². The Labute approximate surface area is 156 Å². The maximum Gasteiger partial charge on any atom is 0.258 e. The van der Waals surface area contributed by atoms with Gasteiger partial charge >= 0.3 is 0 Å². The third-order valence-corrected chi connectivity index (χ3v) is 4.96. The number of rotatable bonds is 5. The van der Waals surface area contributed by atoms with Gasteiger partial charge in [0, 0.05) is 44.5 Å². The summed E-state index contributed by atoms with van der Waals surface area (Å²) in [6.07, 6.45) is 1.19. The van der Waals surface area contributed by atoms with Gasteiger partial charge in [-0.3, -0.25) is 9.69 Å². The number of nitrogens with two attached hydrogens (primary N) is 1. The van der Waals surface area contributed by atoms with E-state index >= 15 is 0 Å². The predicted octanol–water partition coefficient (Wildman–Crippen LogP) is 3.08. The minimum atomic E-state index is -0.0259. The Morgan fingerprint density at radius 2 is 1.69 bits per heavy atom. The molecule has 2 aromatic rings. The average Bonchev–Trinajstić information content (AvgIpc) is 2.68. The molecular formula is C21H28N4O. The van der Waals surface area contributed by atoms with Gasteiger partial charge in [0.15, 0.2) is 0 Å². The van der Waals surface area contributed by atoms with Gasteiger partial charge in [-0.25, -0.2) is 0 Å². The highest BCUT2D eigenvalue weighted by Crippen LogP contribution is 2.30. The Hall–Kier alpha value is -2.53. The molecule has 138 valence electrons. The Balaban J connectivity index is 1.78. The van der Waals surface area contributed by atoms with Crippen molar-refractivity contribution in [1.82, 2.24) is 4.90 Å². The Bertz CT molecular complexity index is 736. The quantitative estimate of drug-likeness (QED) is 0.840. The number of piperazine rings is 1. The summed E-state index contributed by atoms with van der Waals surface area (Å²) in [5.41, 5.74) is 9.10. The number of hydrogen-bond acceptors (Lipinski definition) is 4. The smallest absolute Gasteiger partial charge is 0.258 e. The van der Waals surface area contributed by atoms with Crippen LogP contribution in [0.2, 0.25) is 0 Å². The molecule has 1 aliphatic heterocycles. The third kappa shape index (κ3) is 3.99. The minimum Gasteiger partial charge on any atom is -0.399 e. The van der Waals surface area contributed by atoms with Crippen LogP contribution in [0.4, 0.5) is 17.1 Å². The van der Waals surface area contributed by atoms with Crippen molar-refractivity contribution in [2.45, 2.75) is 13.3 Å². The summed E-state index contributed by atoms with van der Waals surface area (Å²) < 4.78 is 0. The van der Waals surface area contributed by atoms with Crippen LogP contribution in [-0.2, 0) is 0 Å². The fourth-order valence-corrected chi connectivity index (χ4v) is 3.47. The largest absolute Gasteiger partial charge is 0.399 e. The van der Waals surface area contributed by atoms with Crippen molar-refractivity contribution in [2.75, 3.05) is 55.3 Å². The van der Waals surface area contributed by atoms with Crippen LogP contribution < -0.4 is 15.5 Å². The maximum absolute atomic E-state index is 12.9. The van der Waals surface area contributed by atoms with Crippen LogP contribution in [0.1, 0.15) is 23.7 Å². The second kappa shape index (κ2) is 8.23. The molecule has 1 saturated heterocycles. The third-order valence-electron chi connectivity index (χ3n) is 4.96. The molecule has 0 spiro atoms. The molecule has 2 N–H and O–H groups in total.